The van der Waals surface area contributed by atoms with E-state index in [0.29, 0.717) is 17.8 Å². The molecule has 6 heteroatoms. The van der Waals surface area contributed by atoms with E-state index in [-0.39, 0.29) is 17.9 Å². The van der Waals surface area contributed by atoms with Gasteiger partial charge in [-0.3, -0.25) is 0 Å². The highest BCUT2D eigenvalue weighted by atomic mass is 32.1. The van der Waals surface area contributed by atoms with Crippen LogP contribution in [0.1, 0.15) is 41.3 Å². The molecule has 2 aromatic rings. The van der Waals surface area contributed by atoms with Crippen molar-refractivity contribution in [1.82, 2.24) is 9.36 Å². The van der Waals surface area contributed by atoms with Gasteiger partial charge in [0.15, 0.2) is 0 Å². The molecule has 1 aromatic heterocycles. The molecular weight excluding hydrogens is 275 g/mol. The minimum Gasteiger partial charge on any atom is -0.326 e. The Morgan fingerprint density at radius 2 is 2.10 bits per heavy atom. The average Bonchev–Trinajstić information content (AvgIpc) is 2.89. The summed E-state index contributed by atoms with van der Waals surface area (Å²) in [5, 5.41) is 0.758. The summed E-state index contributed by atoms with van der Waals surface area (Å²) in [6, 6.07) is 4.65. The van der Waals surface area contributed by atoms with Crippen molar-refractivity contribution >= 4 is 11.5 Å². The van der Waals surface area contributed by atoms with Gasteiger partial charge in [0.05, 0.1) is 6.04 Å². The number of halogens is 1. The van der Waals surface area contributed by atoms with Gasteiger partial charge in [0.2, 0.25) is 0 Å². The molecule has 0 aliphatic heterocycles. The summed E-state index contributed by atoms with van der Waals surface area (Å²) in [5.74, 6) is 0.506. The van der Waals surface area contributed by atoms with E-state index in [1.165, 1.54) is 17.6 Å². The molecule has 1 aromatic carbocycles. The van der Waals surface area contributed by atoms with E-state index in [9.17, 15) is 4.39 Å². The fourth-order valence-electron chi connectivity index (χ4n) is 1.91. The van der Waals surface area contributed by atoms with Gasteiger partial charge in [0.25, 0.3) is 0 Å². The summed E-state index contributed by atoms with van der Waals surface area (Å²) in [5.41, 5.74) is 13.6. The average molecular weight is 294 g/mol. The van der Waals surface area contributed by atoms with Crippen LogP contribution >= 0.6 is 11.5 Å². The lowest BCUT2D eigenvalue weighted by molar-refractivity contribution is 0.529. The van der Waals surface area contributed by atoms with Gasteiger partial charge in [-0.15, -0.1) is 0 Å². The smallest absolute Gasteiger partial charge is 0.147 e. The molecule has 0 radical (unpaired) electrons. The number of nitrogens with zero attached hydrogens (tertiary/aromatic N) is 2. The number of benzene rings is 1. The van der Waals surface area contributed by atoms with Gasteiger partial charge in [0, 0.05) is 12.5 Å². The first-order valence-corrected chi connectivity index (χ1v) is 7.37. The van der Waals surface area contributed by atoms with Crippen LogP contribution in [0.3, 0.4) is 0 Å². The van der Waals surface area contributed by atoms with Crippen molar-refractivity contribution < 1.29 is 4.39 Å². The van der Waals surface area contributed by atoms with Crippen LogP contribution < -0.4 is 11.5 Å². The second-order valence-electron chi connectivity index (χ2n) is 4.91. The van der Waals surface area contributed by atoms with Gasteiger partial charge in [-0.05, 0) is 42.1 Å². The molecule has 0 bridgehead atoms. The predicted octanol–water partition coefficient (Wildman–Crippen LogP) is 2.31. The van der Waals surface area contributed by atoms with E-state index in [0.717, 1.165) is 17.0 Å². The molecule has 0 fully saturated rings. The highest BCUT2D eigenvalue weighted by Gasteiger charge is 2.18. The monoisotopic (exact) mass is 294 g/mol. The van der Waals surface area contributed by atoms with Crippen molar-refractivity contribution in [3.63, 3.8) is 0 Å². The van der Waals surface area contributed by atoms with Crippen LogP contribution in [0.15, 0.2) is 18.2 Å². The molecule has 108 valence electrons. The van der Waals surface area contributed by atoms with Crippen molar-refractivity contribution in [2.24, 2.45) is 11.5 Å². The molecule has 1 heterocycles. The number of aryl methyl sites for hydroxylation is 1. The Morgan fingerprint density at radius 1 is 1.35 bits per heavy atom. The third kappa shape index (κ3) is 3.39. The normalized spacial score (nSPS) is 14.2. The Labute approximate surface area is 122 Å². The number of nitrogens with two attached hydrogens (primary N) is 2. The van der Waals surface area contributed by atoms with Crippen LogP contribution in [-0.4, -0.2) is 15.4 Å². The van der Waals surface area contributed by atoms with Crippen molar-refractivity contribution in [1.29, 1.82) is 0 Å². The molecule has 0 aliphatic carbocycles. The van der Waals surface area contributed by atoms with E-state index in [4.69, 9.17) is 11.5 Å². The second-order valence-corrected chi connectivity index (χ2v) is 5.69. The summed E-state index contributed by atoms with van der Waals surface area (Å²) < 4.78 is 17.5. The summed E-state index contributed by atoms with van der Waals surface area (Å²) in [6.07, 6.45) is 1.37. The maximum Gasteiger partial charge on any atom is 0.147 e. The zero-order valence-electron chi connectivity index (χ0n) is 11.6. The minimum absolute atomic E-state index is 0.108. The fraction of sp³-hybridized carbons (Fsp3) is 0.429. The van der Waals surface area contributed by atoms with Gasteiger partial charge >= 0.3 is 0 Å². The van der Waals surface area contributed by atoms with E-state index in [1.54, 1.807) is 13.0 Å². The molecule has 4 nitrogen and oxygen atoms in total. The van der Waals surface area contributed by atoms with E-state index < -0.39 is 0 Å². The molecular formula is C14H19FN4S. The molecule has 0 spiro atoms. The summed E-state index contributed by atoms with van der Waals surface area (Å²) in [4.78, 5) is 4.44. The Morgan fingerprint density at radius 3 is 2.75 bits per heavy atom. The largest absolute Gasteiger partial charge is 0.326 e. The van der Waals surface area contributed by atoms with Crippen LogP contribution in [0.25, 0.3) is 0 Å². The van der Waals surface area contributed by atoms with Gasteiger partial charge < -0.3 is 11.5 Å². The first-order chi connectivity index (χ1) is 9.51. The zero-order valence-corrected chi connectivity index (χ0v) is 12.5. The summed E-state index contributed by atoms with van der Waals surface area (Å²) in [6.45, 7) is 3.74. The maximum atomic E-state index is 13.2. The third-order valence-electron chi connectivity index (χ3n) is 3.29. The third-order valence-corrected chi connectivity index (χ3v) is 4.14. The molecule has 4 N–H and O–H groups in total. The topological polar surface area (TPSA) is 77.8 Å². The Hall–Kier alpha value is -1.37. The zero-order chi connectivity index (χ0) is 14.7. The molecule has 2 rings (SSSR count). The van der Waals surface area contributed by atoms with Gasteiger partial charge in [-0.25, -0.2) is 9.37 Å². The van der Waals surface area contributed by atoms with Crippen LogP contribution in [0.4, 0.5) is 4.39 Å². The van der Waals surface area contributed by atoms with E-state index in [1.807, 2.05) is 13.0 Å². The van der Waals surface area contributed by atoms with Crippen LogP contribution in [-0.2, 0) is 6.42 Å². The summed E-state index contributed by atoms with van der Waals surface area (Å²) >= 11 is 1.29. The minimum atomic E-state index is -0.277. The molecule has 0 saturated heterocycles. The SMILES string of the molecule is CCC(N)C(N)c1nc(Cc2ccc(F)c(C)c2)ns1. The van der Waals surface area contributed by atoms with Crippen molar-refractivity contribution in [2.45, 2.75) is 38.8 Å². The number of aromatic nitrogens is 2. The van der Waals surface area contributed by atoms with Gasteiger partial charge in [0.1, 0.15) is 16.6 Å². The predicted molar refractivity (Wildman–Crippen MR) is 79.0 cm³/mol. The first-order valence-electron chi connectivity index (χ1n) is 6.60. The van der Waals surface area contributed by atoms with Gasteiger partial charge in [-0.1, -0.05) is 19.1 Å². The highest BCUT2D eigenvalue weighted by molar-refractivity contribution is 7.05. The van der Waals surface area contributed by atoms with Crippen molar-refractivity contribution in [3.05, 3.63) is 46.0 Å². The molecule has 2 unspecified atom stereocenters. The van der Waals surface area contributed by atoms with Crippen LogP contribution in [0.5, 0.6) is 0 Å². The lowest BCUT2D eigenvalue weighted by Gasteiger charge is -2.14. The number of hydrogen-bond acceptors (Lipinski definition) is 5. The molecule has 20 heavy (non-hydrogen) atoms. The highest BCUT2D eigenvalue weighted by Crippen LogP contribution is 2.19. The molecule has 0 amide bonds. The molecule has 0 saturated carbocycles. The van der Waals surface area contributed by atoms with Gasteiger partial charge in [-0.2, -0.15) is 4.37 Å². The second kappa shape index (κ2) is 6.39. The summed E-state index contributed by atoms with van der Waals surface area (Å²) in [7, 11) is 0. The van der Waals surface area contributed by atoms with Crippen molar-refractivity contribution in [3.8, 4) is 0 Å². The molecule has 2 atom stereocenters. The maximum absolute atomic E-state index is 13.2. The standard InChI is InChI=1S/C14H19FN4S/c1-3-11(16)13(17)14-18-12(19-20-14)7-9-4-5-10(15)8(2)6-9/h4-6,11,13H,3,7,16-17H2,1-2H3. The Kier molecular flexibility index (Phi) is 4.80. The van der Waals surface area contributed by atoms with Crippen LogP contribution in [0, 0.1) is 12.7 Å². The van der Waals surface area contributed by atoms with E-state index >= 15 is 0 Å². The van der Waals surface area contributed by atoms with E-state index in [2.05, 4.69) is 9.36 Å². The molecule has 0 aliphatic rings. The first kappa shape index (κ1) is 15.0. The fourth-order valence-corrected chi connectivity index (χ4v) is 2.66. The quantitative estimate of drug-likeness (QED) is 0.887. The number of hydrogen-bond donors (Lipinski definition) is 2. The van der Waals surface area contributed by atoms with Crippen molar-refractivity contribution in [2.75, 3.05) is 0 Å². The Bertz CT molecular complexity index is 584. The lowest BCUT2D eigenvalue weighted by atomic mass is 10.1. The van der Waals surface area contributed by atoms with Crippen LogP contribution in [0.2, 0.25) is 0 Å². The lowest BCUT2D eigenvalue weighted by Crippen LogP contribution is -2.33. The Balaban J connectivity index is 2.11. The number of rotatable bonds is 5.